The summed E-state index contributed by atoms with van der Waals surface area (Å²) in [5, 5.41) is 10.4. The van der Waals surface area contributed by atoms with Crippen LogP contribution >= 0.6 is 0 Å². The van der Waals surface area contributed by atoms with Crippen LogP contribution in [-0.2, 0) is 18.4 Å². The van der Waals surface area contributed by atoms with Gasteiger partial charge in [0, 0.05) is 37.6 Å². The highest BCUT2D eigenvalue weighted by molar-refractivity contribution is 5.94. The van der Waals surface area contributed by atoms with Crippen LogP contribution in [0, 0.1) is 5.41 Å². The topological polar surface area (TPSA) is 87.7 Å². The summed E-state index contributed by atoms with van der Waals surface area (Å²) in [6.07, 6.45) is 6.98. The molecule has 7 nitrogen and oxygen atoms in total. The van der Waals surface area contributed by atoms with Gasteiger partial charge in [-0.1, -0.05) is 0 Å². The van der Waals surface area contributed by atoms with Crippen molar-refractivity contribution in [2.24, 2.45) is 12.5 Å². The Balaban J connectivity index is 0.000000339. The lowest BCUT2D eigenvalue weighted by Crippen LogP contribution is -2.59. The zero-order valence-corrected chi connectivity index (χ0v) is 17.2. The largest absolute Gasteiger partial charge is 0.490 e. The Morgan fingerprint density at radius 2 is 1.94 bits per heavy atom. The van der Waals surface area contributed by atoms with Gasteiger partial charge in [0.05, 0.1) is 18.1 Å². The molecule has 2 aromatic rings. The van der Waals surface area contributed by atoms with Crippen molar-refractivity contribution in [3.05, 3.63) is 48.2 Å². The second-order valence-electron chi connectivity index (χ2n) is 8.20. The van der Waals surface area contributed by atoms with Crippen molar-refractivity contribution in [2.75, 3.05) is 13.1 Å². The fourth-order valence-electron chi connectivity index (χ4n) is 4.20. The summed E-state index contributed by atoms with van der Waals surface area (Å²) in [5.74, 6) is -2.69. The molecule has 170 valence electrons. The number of alkyl halides is 3. The SMILES string of the molecule is Cn1ccc(C(=O)NC2CCC23CCN(Cc2ccoc2)CC3)c1.O=C(O)C(F)(F)F. The molecule has 31 heavy (non-hydrogen) atoms. The zero-order chi connectivity index (χ0) is 22.6. The molecule has 2 fully saturated rings. The van der Waals surface area contributed by atoms with Gasteiger partial charge in [-0.05, 0) is 56.3 Å². The number of likely N-dealkylation sites (tertiary alicyclic amines) is 1. The predicted molar refractivity (Wildman–Crippen MR) is 105 cm³/mol. The van der Waals surface area contributed by atoms with E-state index in [1.807, 2.05) is 42.4 Å². The minimum Gasteiger partial charge on any atom is -0.475 e. The first-order valence-electron chi connectivity index (χ1n) is 10.1. The third-order valence-electron chi connectivity index (χ3n) is 6.15. The van der Waals surface area contributed by atoms with Gasteiger partial charge in [0.15, 0.2) is 0 Å². The molecule has 4 rings (SSSR count). The van der Waals surface area contributed by atoms with Gasteiger partial charge in [0.25, 0.3) is 5.91 Å². The number of rotatable bonds is 4. The summed E-state index contributed by atoms with van der Waals surface area (Å²) < 4.78 is 38.8. The number of hydrogen-bond donors (Lipinski definition) is 2. The Morgan fingerprint density at radius 1 is 1.26 bits per heavy atom. The maximum atomic E-state index is 12.4. The monoisotopic (exact) mass is 441 g/mol. The van der Waals surface area contributed by atoms with Crippen LogP contribution in [0.1, 0.15) is 41.6 Å². The average molecular weight is 441 g/mol. The van der Waals surface area contributed by atoms with Crippen molar-refractivity contribution in [1.29, 1.82) is 0 Å². The molecule has 0 radical (unpaired) electrons. The second kappa shape index (κ2) is 9.17. The fourth-order valence-corrected chi connectivity index (χ4v) is 4.20. The van der Waals surface area contributed by atoms with Crippen LogP contribution in [0.4, 0.5) is 13.2 Å². The van der Waals surface area contributed by atoms with Gasteiger partial charge in [0.1, 0.15) is 0 Å². The van der Waals surface area contributed by atoms with Crippen molar-refractivity contribution in [3.8, 4) is 0 Å². The lowest BCUT2D eigenvalue weighted by Gasteiger charge is -2.54. The van der Waals surface area contributed by atoms with Crippen LogP contribution in [0.15, 0.2) is 41.5 Å². The number of nitrogens with one attached hydrogen (secondary N) is 1. The third-order valence-corrected chi connectivity index (χ3v) is 6.15. The molecule has 1 amide bonds. The van der Waals surface area contributed by atoms with Crippen LogP contribution in [0.2, 0.25) is 0 Å². The van der Waals surface area contributed by atoms with Crippen LogP contribution in [-0.4, -0.2) is 51.8 Å². The normalized spacial score (nSPS) is 20.5. The molecule has 0 bridgehead atoms. The number of nitrogens with zero attached hydrogens (tertiary/aromatic N) is 2. The van der Waals surface area contributed by atoms with Crippen LogP contribution in [0.3, 0.4) is 0 Å². The van der Waals surface area contributed by atoms with Crippen LogP contribution < -0.4 is 5.32 Å². The minimum atomic E-state index is -5.08. The quantitative estimate of drug-likeness (QED) is 0.759. The molecule has 2 aliphatic rings. The number of hydrogen-bond acceptors (Lipinski definition) is 4. The van der Waals surface area contributed by atoms with E-state index in [2.05, 4.69) is 10.2 Å². The number of aliphatic carboxylic acids is 1. The standard InChI is InChI=1S/C19H25N3O2.C2HF3O2/c1-21-8-3-16(13-21)18(23)20-17-2-5-19(17)6-9-22(10-7-19)12-15-4-11-24-14-15;3-2(4,5)1(6)7/h3-4,8,11,13-14,17H,2,5-7,9-10,12H2,1H3,(H,20,23);(H,6,7). The molecule has 1 spiro atoms. The molecule has 10 heteroatoms. The van der Waals surface area contributed by atoms with E-state index in [0.717, 1.165) is 31.6 Å². The molecule has 1 atom stereocenters. The summed E-state index contributed by atoms with van der Waals surface area (Å²) in [7, 11) is 1.94. The lowest BCUT2D eigenvalue weighted by molar-refractivity contribution is -0.192. The number of piperidine rings is 1. The van der Waals surface area contributed by atoms with Crippen molar-refractivity contribution >= 4 is 11.9 Å². The van der Waals surface area contributed by atoms with Gasteiger partial charge in [0.2, 0.25) is 0 Å². The summed E-state index contributed by atoms with van der Waals surface area (Å²) in [6.45, 7) is 3.17. The van der Waals surface area contributed by atoms with Crippen molar-refractivity contribution in [3.63, 3.8) is 0 Å². The highest BCUT2D eigenvalue weighted by atomic mass is 19.4. The Kier molecular flexibility index (Phi) is 6.78. The molecule has 3 heterocycles. The van der Waals surface area contributed by atoms with E-state index in [4.69, 9.17) is 14.3 Å². The van der Waals surface area contributed by atoms with Gasteiger partial charge in [-0.15, -0.1) is 0 Å². The highest BCUT2D eigenvalue weighted by Crippen LogP contribution is 2.49. The average Bonchev–Trinajstić information content (AvgIpc) is 3.37. The summed E-state index contributed by atoms with van der Waals surface area (Å²) >= 11 is 0. The van der Waals surface area contributed by atoms with E-state index in [-0.39, 0.29) is 5.91 Å². The van der Waals surface area contributed by atoms with Crippen molar-refractivity contribution in [1.82, 2.24) is 14.8 Å². The summed E-state index contributed by atoms with van der Waals surface area (Å²) in [5.41, 5.74) is 2.32. The van der Waals surface area contributed by atoms with E-state index in [1.165, 1.54) is 24.8 Å². The molecule has 0 aromatic carbocycles. The maximum absolute atomic E-state index is 12.4. The molecule has 1 saturated heterocycles. The van der Waals surface area contributed by atoms with E-state index < -0.39 is 12.1 Å². The van der Waals surface area contributed by atoms with Gasteiger partial charge >= 0.3 is 12.1 Å². The lowest BCUT2D eigenvalue weighted by atomic mass is 9.59. The molecule has 1 unspecified atom stereocenters. The molecular weight excluding hydrogens is 415 g/mol. The molecular formula is C21H26F3N3O4. The van der Waals surface area contributed by atoms with Crippen LogP contribution in [0.25, 0.3) is 0 Å². The Hall–Kier alpha value is -2.75. The number of furan rings is 1. The van der Waals surface area contributed by atoms with Gasteiger partial charge in [-0.25, -0.2) is 4.79 Å². The molecule has 1 saturated carbocycles. The summed E-state index contributed by atoms with van der Waals surface area (Å²) in [6, 6.07) is 4.26. The van der Waals surface area contributed by atoms with Crippen molar-refractivity contribution in [2.45, 2.75) is 44.4 Å². The molecule has 2 N–H and O–H groups in total. The first-order valence-corrected chi connectivity index (χ1v) is 10.1. The highest BCUT2D eigenvalue weighted by Gasteiger charge is 2.48. The molecule has 1 aliphatic heterocycles. The van der Waals surface area contributed by atoms with Crippen LogP contribution in [0.5, 0.6) is 0 Å². The number of carbonyl (C=O) groups excluding carboxylic acids is 1. The Bertz CT molecular complexity index is 884. The fraction of sp³-hybridized carbons (Fsp3) is 0.524. The number of carbonyl (C=O) groups is 2. The molecule has 2 aromatic heterocycles. The Labute approximate surface area is 177 Å². The number of amides is 1. The number of aromatic nitrogens is 1. The summed E-state index contributed by atoms with van der Waals surface area (Å²) in [4.78, 5) is 23.8. The van der Waals surface area contributed by atoms with Gasteiger partial charge in [-0.3, -0.25) is 9.69 Å². The number of aryl methyl sites for hydroxylation is 1. The zero-order valence-electron chi connectivity index (χ0n) is 17.2. The second-order valence-corrected chi connectivity index (χ2v) is 8.20. The first-order chi connectivity index (χ1) is 14.6. The smallest absolute Gasteiger partial charge is 0.475 e. The van der Waals surface area contributed by atoms with Gasteiger partial charge < -0.3 is 19.4 Å². The minimum absolute atomic E-state index is 0.0699. The Morgan fingerprint density at radius 3 is 2.39 bits per heavy atom. The first kappa shape index (κ1) is 22.9. The number of carboxylic acids is 1. The number of carboxylic acid groups (broad SMARTS) is 1. The maximum Gasteiger partial charge on any atom is 0.490 e. The number of halogens is 3. The van der Waals surface area contributed by atoms with E-state index in [9.17, 15) is 18.0 Å². The predicted octanol–water partition coefficient (Wildman–Crippen LogP) is 3.43. The molecule has 1 aliphatic carbocycles. The van der Waals surface area contributed by atoms with Crippen molar-refractivity contribution < 1.29 is 32.3 Å². The van der Waals surface area contributed by atoms with Gasteiger partial charge in [-0.2, -0.15) is 13.2 Å². The van der Waals surface area contributed by atoms with E-state index in [1.54, 1.807) is 6.26 Å². The van der Waals surface area contributed by atoms with E-state index >= 15 is 0 Å². The van der Waals surface area contributed by atoms with E-state index in [0.29, 0.717) is 11.5 Å². The third kappa shape index (κ3) is 5.69.